The molecule has 0 rings (SSSR count). The Morgan fingerprint density at radius 1 is 0.391 bits per heavy atom. The third-order valence-electron chi connectivity index (χ3n) is 3.25. The molecule has 0 heterocycles. The monoisotopic (exact) mass is 810 g/mol. The fraction of sp³-hybridized carbons (Fsp3) is 1.00. The zero-order valence-corrected chi connectivity index (χ0v) is 35.6. The van der Waals surface area contributed by atoms with E-state index in [1.807, 2.05) is 0 Å². The summed E-state index contributed by atoms with van der Waals surface area (Å²) in [6.45, 7) is 19.8. The van der Waals surface area contributed by atoms with Gasteiger partial charge in [-0.05, 0) is 41.5 Å². The van der Waals surface area contributed by atoms with Gasteiger partial charge in [-0.3, -0.25) is 13.7 Å². The quantitative estimate of drug-likeness (QED) is 0.156. The Morgan fingerprint density at radius 2 is 0.522 bits per heavy atom. The summed E-state index contributed by atoms with van der Waals surface area (Å²) in [4.78, 5) is 56.3. The molecule has 0 bridgehead atoms. The van der Waals surface area contributed by atoms with Crippen molar-refractivity contribution >= 4 is 62.9 Å². The molecular formula is C21H57AlO18P6. The van der Waals surface area contributed by atoms with Crippen LogP contribution in [-0.4, -0.2) is 110 Å². The molecule has 0 radical (unpaired) electrons. The molecule has 0 aliphatic heterocycles. The third-order valence-corrected chi connectivity index (χ3v) is 9.74. The van der Waals surface area contributed by atoms with Crippen LogP contribution in [0.1, 0.15) is 62.3 Å². The molecule has 0 aromatic carbocycles. The minimum atomic E-state index is -3.42. The predicted molar refractivity (Wildman–Crippen MR) is 177 cm³/mol. The molecule has 0 amide bonds. The molecule has 282 valence electrons. The third kappa shape index (κ3) is 75.7. The molecule has 6 unspecified atom stereocenters. The summed E-state index contributed by atoms with van der Waals surface area (Å²) in [5.74, 6) is 0. The maximum absolute atomic E-state index is 10.4. The van der Waals surface area contributed by atoms with E-state index in [2.05, 4.69) is 27.1 Å². The molecule has 46 heavy (non-hydrogen) atoms. The summed E-state index contributed by atoms with van der Waals surface area (Å²) < 4.78 is 87.8. The maximum atomic E-state index is 10.4. The Labute approximate surface area is 286 Å². The zero-order valence-electron chi connectivity index (χ0n) is 29.1. The SMILES string of the molecule is CCOP(=O)([O-])CC.CCOP(=O)([O-])CC.CCOP(=O)([O-])CC.CCOP(C)(=O)O.CCOP(C)(=O)O.CCOP(C)(=O)O.[Al+3]. The van der Waals surface area contributed by atoms with E-state index in [0.29, 0.717) is 19.8 Å². The first kappa shape index (κ1) is 62.6. The van der Waals surface area contributed by atoms with Crippen LogP contribution in [0.25, 0.3) is 0 Å². The fourth-order valence-corrected chi connectivity index (χ4v) is 4.75. The summed E-state index contributed by atoms with van der Waals surface area (Å²) in [5.41, 5.74) is 0. The molecule has 0 aliphatic carbocycles. The van der Waals surface area contributed by atoms with Crippen LogP contribution in [0.2, 0.25) is 0 Å². The van der Waals surface area contributed by atoms with E-state index >= 15 is 0 Å². The van der Waals surface area contributed by atoms with Crippen molar-refractivity contribution in [2.24, 2.45) is 0 Å². The van der Waals surface area contributed by atoms with Gasteiger partial charge in [-0.2, -0.15) is 0 Å². The molecule has 0 aromatic rings. The van der Waals surface area contributed by atoms with E-state index in [1.54, 1.807) is 62.3 Å². The van der Waals surface area contributed by atoms with Gasteiger partial charge >= 0.3 is 40.1 Å². The molecule has 0 aliphatic rings. The molecule has 0 aromatic heterocycles. The van der Waals surface area contributed by atoms with Gasteiger partial charge in [-0.1, -0.05) is 20.8 Å². The summed E-state index contributed by atoms with van der Waals surface area (Å²) in [7, 11) is -19.8. The average molecular weight is 810 g/mol. The van der Waals surface area contributed by atoms with E-state index in [-0.39, 0.29) is 55.7 Å². The molecule has 3 N–H and O–H groups in total. The van der Waals surface area contributed by atoms with Crippen molar-refractivity contribution in [1.29, 1.82) is 0 Å². The zero-order chi connectivity index (χ0) is 37.6. The first-order valence-electron chi connectivity index (χ1n) is 13.7. The Kier molecular flexibility index (Phi) is 47.4. The van der Waals surface area contributed by atoms with Crippen molar-refractivity contribution in [3.63, 3.8) is 0 Å². The molecule has 0 saturated carbocycles. The summed E-state index contributed by atoms with van der Waals surface area (Å²) in [5, 5.41) is 0. The van der Waals surface area contributed by atoms with E-state index in [1.165, 1.54) is 0 Å². The summed E-state index contributed by atoms with van der Waals surface area (Å²) >= 11 is 0. The van der Waals surface area contributed by atoms with Crippen LogP contribution in [0.4, 0.5) is 0 Å². The number of hydrogen-bond donors (Lipinski definition) is 3. The largest absolute Gasteiger partial charge is 3.00 e. The van der Waals surface area contributed by atoms with E-state index in [9.17, 15) is 42.1 Å². The average Bonchev–Trinajstić information content (AvgIpc) is 2.84. The standard InChI is InChI=1S/3C4H11O3P.3C3H9O3P.Al/c3*1-3-7-8(5,6)4-2;3*1-3-6-7(2,4)5;/h3*3-4H2,1-2H3,(H,5,6);3*3H2,1-2H3,(H,4,5);/q;;;;;;+3/p-3. The predicted octanol–water partition coefficient (Wildman–Crippen LogP) is 3.92. The van der Waals surface area contributed by atoms with Crippen molar-refractivity contribution < 1.29 is 83.9 Å². The van der Waals surface area contributed by atoms with E-state index < -0.39 is 45.6 Å². The van der Waals surface area contributed by atoms with Crippen LogP contribution in [0, 0.1) is 0 Å². The summed E-state index contributed by atoms with van der Waals surface area (Å²) in [6, 6.07) is 0. The molecule has 0 saturated heterocycles. The normalized spacial score (nSPS) is 17.9. The minimum absolute atomic E-state index is 0. The smallest absolute Gasteiger partial charge is 0.779 e. The van der Waals surface area contributed by atoms with Crippen molar-refractivity contribution in [2.75, 3.05) is 78.1 Å². The van der Waals surface area contributed by atoms with Gasteiger partial charge < -0.3 is 70.2 Å². The first-order chi connectivity index (χ1) is 20.0. The first-order valence-corrected chi connectivity index (χ1v) is 25.0. The maximum Gasteiger partial charge on any atom is 3.00 e. The Hall–Kier alpha value is 1.43. The van der Waals surface area contributed by atoms with Gasteiger partial charge in [0.15, 0.2) is 0 Å². The van der Waals surface area contributed by atoms with E-state index in [0.717, 1.165) is 20.0 Å². The molecule has 0 fully saturated rings. The molecule has 6 atom stereocenters. The van der Waals surface area contributed by atoms with Gasteiger partial charge in [-0.15, -0.1) is 0 Å². The van der Waals surface area contributed by atoms with Crippen molar-refractivity contribution in [3.05, 3.63) is 0 Å². The second-order valence-electron chi connectivity index (χ2n) is 7.70. The second kappa shape index (κ2) is 34.9. The van der Waals surface area contributed by atoms with Gasteiger partial charge in [0.05, 0.1) is 39.6 Å². The molecular weight excluding hydrogens is 753 g/mol. The minimum Gasteiger partial charge on any atom is -0.779 e. The van der Waals surface area contributed by atoms with Crippen LogP contribution in [0.5, 0.6) is 0 Å². The Morgan fingerprint density at radius 3 is 0.543 bits per heavy atom. The van der Waals surface area contributed by atoms with Crippen molar-refractivity contribution in [3.8, 4) is 0 Å². The number of rotatable bonds is 15. The van der Waals surface area contributed by atoms with E-state index in [4.69, 9.17) is 14.7 Å². The topological polar surface area (TPSA) is 288 Å². The molecule has 0 spiro atoms. The Bertz CT molecular complexity index is 833. The molecule has 18 nitrogen and oxygen atoms in total. The summed E-state index contributed by atoms with van der Waals surface area (Å²) in [6.07, 6.45) is 0.252. The van der Waals surface area contributed by atoms with Gasteiger partial charge in [0, 0.05) is 38.5 Å². The van der Waals surface area contributed by atoms with Gasteiger partial charge in [0.1, 0.15) is 22.8 Å². The molecule has 25 heteroatoms. The van der Waals surface area contributed by atoms with Crippen LogP contribution >= 0.6 is 45.6 Å². The van der Waals surface area contributed by atoms with Crippen molar-refractivity contribution in [1.82, 2.24) is 0 Å². The van der Waals surface area contributed by atoms with Gasteiger partial charge in [0.25, 0.3) is 0 Å². The van der Waals surface area contributed by atoms with Gasteiger partial charge in [-0.25, -0.2) is 0 Å². The van der Waals surface area contributed by atoms with Crippen LogP contribution in [0.3, 0.4) is 0 Å². The second-order valence-corrected chi connectivity index (χ2v) is 19.6. The fourth-order valence-electron chi connectivity index (χ4n) is 1.58. The van der Waals surface area contributed by atoms with Crippen LogP contribution in [-0.2, 0) is 54.5 Å². The van der Waals surface area contributed by atoms with Crippen molar-refractivity contribution in [2.45, 2.75) is 62.3 Å². The van der Waals surface area contributed by atoms with Gasteiger partial charge in [0.2, 0.25) is 0 Å². The van der Waals surface area contributed by atoms with Crippen LogP contribution < -0.4 is 14.7 Å². The van der Waals surface area contributed by atoms with Crippen LogP contribution in [0.15, 0.2) is 0 Å². The number of hydrogen-bond acceptors (Lipinski definition) is 15. The Balaban J connectivity index is -0.0000000791.